The summed E-state index contributed by atoms with van der Waals surface area (Å²) in [5, 5.41) is 0.125. The molecule has 0 fully saturated rings. The van der Waals surface area contributed by atoms with E-state index >= 15 is 0 Å². The van der Waals surface area contributed by atoms with Gasteiger partial charge in [0.25, 0.3) is 0 Å². The average molecular weight is 488 g/mol. The van der Waals surface area contributed by atoms with E-state index in [0.29, 0.717) is 29.4 Å². The molecule has 7 nitrogen and oxygen atoms in total. The van der Waals surface area contributed by atoms with Gasteiger partial charge < -0.3 is 23.4 Å². The number of hydrogen-bond donors (Lipinski definition) is 0. The van der Waals surface area contributed by atoms with E-state index in [-0.39, 0.29) is 18.4 Å². The number of hydrogen-bond acceptors (Lipinski definition) is 7. The Morgan fingerprint density at radius 1 is 1.12 bits per heavy atom. The van der Waals surface area contributed by atoms with E-state index < -0.39 is 20.4 Å². The standard InChI is InChI=1S/C26H37NO6Si/c1-8-10-20-21(14-12-19(27-20)16-32-34(6,7)26(3,4)5)33-24(25(28)29-9-2)18-11-13-22-23(15-18)31-17-30-22/h11-15,24H,8-10,16-17H2,1-7H3. The van der Waals surface area contributed by atoms with Crippen LogP contribution in [0.1, 0.15) is 64.1 Å². The topological polar surface area (TPSA) is 76.1 Å². The van der Waals surface area contributed by atoms with Crippen molar-refractivity contribution in [3.63, 3.8) is 0 Å². The molecular formula is C26H37NO6Si. The molecule has 3 rings (SSSR count). The van der Waals surface area contributed by atoms with Crippen molar-refractivity contribution in [2.24, 2.45) is 0 Å². The maximum atomic E-state index is 12.8. The minimum Gasteiger partial charge on any atom is -0.472 e. The normalized spacial score (nSPS) is 14.1. The van der Waals surface area contributed by atoms with E-state index in [1.807, 2.05) is 12.1 Å². The van der Waals surface area contributed by atoms with Crippen LogP contribution in [0.5, 0.6) is 17.2 Å². The monoisotopic (exact) mass is 487 g/mol. The maximum Gasteiger partial charge on any atom is 0.352 e. The van der Waals surface area contributed by atoms with Gasteiger partial charge in [-0.15, -0.1) is 0 Å². The van der Waals surface area contributed by atoms with Crippen LogP contribution in [0.3, 0.4) is 0 Å². The Morgan fingerprint density at radius 3 is 2.53 bits per heavy atom. The van der Waals surface area contributed by atoms with Gasteiger partial charge in [0.1, 0.15) is 5.75 Å². The van der Waals surface area contributed by atoms with Crippen molar-refractivity contribution in [3.8, 4) is 17.2 Å². The van der Waals surface area contributed by atoms with Crippen LogP contribution in [0.15, 0.2) is 30.3 Å². The highest BCUT2D eigenvalue weighted by atomic mass is 28.4. The number of fused-ring (bicyclic) bond motifs is 1. The number of benzene rings is 1. The Kier molecular flexibility index (Phi) is 8.25. The first-order chi connectivity index (χ1) is 16.1. The molecule has 1 unspecified atom stereocenters. The fourth-order valence-electron chi connectivity index (χ4n) is 3.28. The molecule has 1 aromatic carbocycles. The highest BCUT2D eigenvalue weighted by molar-refractivity contribution is 6.74. The number of carbonyl (C=O) groups is 1. The van der Waals surface area contributed by atoms with Crippen LogP contribution >= 0.6 is 0 Å². The van der Waals surface area contributed by atoms with Crippen LogP contribution < -0.4 is 14.2 Å². The lowest BCUT2D eigenvalue weighted by atomic mass is 10.1. The Morgan fingerprint density at radius 2 is 1.85 bits per heavy atom. The van der Waals surface area contributed by atoms with Crippen LogP contribution in [0.25, 0.3) is 0 Å². The molecule has 0 saturated heterocycles. The summed E-state index contributed by atoms with van der Waals surface area (Å²) in [4.78, 5) is 17.7. The quantitative estimate of drug-likeness (QED) is 0.302. The first kappa shape index (κ1) is 26.0. The molecule has 1 aromatic heterocycles. The molecular weight excluding hydrogens is 450 g/mol. The van der Waals surface area contributed by atoms with Gasteiger partial charge >= 0.3 is 5.97 Å². The van der Waals surface area contributed by atoms with Gasteiger partial charge in [-0.1, -0.05) is 40.2 Å². The van der Waals surface area contributed by atoms with Crippen molar-refractivity contribution in [2.45, 2.75) is 78.3 Å². The second-order valence-electron chi connectivity index (χ2n) is 9.91. The van der Waals surface area contributed by atoms with E-state index in [4.69, 9.17) is 28.4 Å². The van der Waals surface area contributed by atoms with Gasteiger partial charge in [0, 0.05) is 5.56 Å². The van der Waals surface area contributed by atoms with Gasteiger partial charge in [-0.3, -0.25) is 4.98 Å². The number of carbonyl (C=O) groups excluding carboxylic acids is 1. The fourth-order valence-corrected chi connectivity index (χ4v) is 4.22. The molecule has 0 radical (unpaired) electrons. The van der Waals surface area contributed by atoms with Crippen molar-refractivity contribution in [1.82, 2.24) is 4.98 Å². The Bertz CT molecular complexity index is 1000. The highest BCUT2D eigenvalue weighted by Gasteiger charge is 2.37. The van der Waals surface area contributed by atoms with Crippen molar-refractivity contribution in [3.05, 3.63) is 47.3 Å². The predicted molar refractivity (Wildman–Crippen MR) is 133 cm³/mol. The number of ether oxygens (including phenoxy) is 4. The third-order valence-corrected chi connectivity index (χ3v) is 10.8. The van der Waals surface area contributed by atoms with E-state index in [0.717, 1.165) is 24.2 Å². The Labute approximate surface area is 203 Å². The summed E-state index contributed by atoms with van der Waals surface area (Å²) >= 11 is 0. The van der Waals surface area contributed by atoms with E-state index in [9.17, 15) is 4.79 Å². The summed E-state index contributed by atoms with van der Waals surface area (Å²) in [5.74, 6) is 1.33. The number of rotatable bonds is 10. The third kappa shape index (κ3) is 6.10. The summed E-state index contributed by atoms with van der Waals surface area (Å²) in [6.45, 7) is 15.9. The summed E-state index contributed by atoms with van der Waals surface area (Å²) in [7, 11) is -1.89. The summed E-state index contributed by atoms with van der Waals surface area (Å²) < 4.78 is 28.8. The maximum absolute atomic E-state index is 12.8. The minimum atomic E-state index is -1.89. The lowest BCUT2D eigenvalue weighted by molar-refractivity contribution is -0.151. The molecule has 1 aliphatic rings. The zero-order chi connectivity index (χ0) is 24.9. The first-order valence-electron chi connectivity index (χ1n) is 11.9. The molecule has 2 aromatic rings. The summed E-state index contributed by atoms with van der Waals surface area (Å²) in [6, 6.07) is 9.12. The van der Waals surface area contributed by atoms with E-state index in [2.05, 4.69) is 40.8 Å². The van der Waals surface area contributed by atoms with Crippen molar-refractivity contribution in [2.75, 3.05) is 13.4 Å². The molecule has 0 bridgehead atoms. The third-order valence-electron chi connectivity index (χ3n) is 6.31. The van der Waals surface area contributed by atoms with E-state index in [1.54, 1.807) is 25.1 Å². The largest absolute Gasteiger partial charge is 0.472 e. The number of aryl methyl sites for hydroxylation is 1. The van der Waals surface area contributed by atoms with Crippen LogP contribution in [0, 0.1) is 0 Å². The average Bonchev–Trinajstić information content (AvgIpc) is 3.24. The molecule has 34 heavy (non-hydrogen) atoms. The fraction of sp³-hybridized carbons (Fsp3) is 0.538. The van der Waals surface area contributed by atoms with Crippen molar-refractivity contribution in [1.29, 1.82) is 0 Å². The molecule has 0 spiro atoms. The molecule has 186 valence electrons. The van der Waals surface area contributed by atoms with Gasteiger partial charge in [-0.05, 0) is 55.7 Å². The van der Waals surface area contributed by atoms with Crippen LogP contribution in [0.4, 0.5) is 0 Å². The van der Waals surface area contributed by atoms with Gasteiger partial charge in [0.15, 0.2) is 19.8 Å². The summed E-state index contributed by atoms with van der Waals surface area (Å²) in [6.07, 6.45) is 0.672. The molecule has 0 saturated carbocycles. The first-order valence-corrected chi connectivity index (χ1v) is 14.8. The number of aromatic nitrogens is 1. The summed E-state index contributed by atoms with van der Waals surface area (Å²) in [5.41, 5.74) is 2.29. The Balaban J connectivity index is 1.86. The van der Waals surface area contributed by atoms with Gasteiger partial charge in [-0.25, -0.2) is 4.79 Å². The lowest BCUT2D eigenvalue weighted by Crippen LogP contribution is -2.40. The highest BCUT2D eigenvalue weighted by Crippen LogP contribution is 2.38. The zero-order valence-electron chi connectivity index (χ0n) is 21.4. The van der Waals surface area contributed by atoms with Crippen LogP contribution in [-0.4, -0.2) is 32.7 Å². The zero-order valence-corrected chi connectivity index (χ0v) is 22.4. The van der Waals surface area contributed by atoms with Gasteiger partial charge in [0.05, 0.1) is 24.6 Å². The molecule has 0 aliphatic carbocycles. The van der Waals surface area contributed by atoms with Gasteiger partial charge in [0.2, 0.25) is 12.9 Å². The molecule has 0 amide bonds. The van der Waals surface area contributed by atoms with Gasteiger partial charge in [-0.2, -0.15) is 0 Å². The van der Waals surface area contributed by atoms with Crippen molar-refractivity contribution >= 4 is 14.3 Å². The minimum absolute atomic E-state index is 0.125. The smallest absolute Gasteiger partial charge is 0.352 e. The number of esters is 1. The van der Waals surface area contributed by atoms with E-state index in [1.165, 1.54) is 0 Å². The molecule has 1 atom stereocenters. The molecule has 0 N–H and O–H groups in total. The molecule has 1 aliphatic heterocycles. The van der Waals surface area contributed by atoms with Crippen molar-refractivity contribution < 1.29 is 28.2 Å². The molecule has 8 heteroatoms. The number of pyridine rings is 1. The van der Waals surface area contributed by atoms with Crippen LogP contribution in [0.2, 0.25) is 18.1 Å². The second kappa shape index (κ2) is 10.8. The number of nitrogens with zero attached hydrogens (tertiary/aromatic N) is 1. The predicted octanol–water partition coefficient (Wildman–Crippen LogP) is 5.97. The SMILES string of the molecule is CCCc1nc(CO[Si](C)(C)C(C)(C)C)ccc1OC(C(=O)OCC)c1ccc2c(c1)OCO2. The lowest BCUT2D eigenvalue weighted by Gasteiger charge is -2.36. The van der Waals surface area contributed by atoms with Crippen LogP contribution in [-0.2, 0) is 27.0 Å². The Hall–Kier alpha value is -2.58. The molecule has 2 heterocycles. The second-order valence-corrected chi connectivity index (χ2v) is 14.7.